The van der Waals surface area contributed by atoms with Crippen molar-refractivity contribution in [2.45, 2.75) is 354 Å². The minimum Gasteiger partial charge on any atom is -0.462 e. The molecule has 0 aliphatic carbocycles. The molecule has 0 aliphatic heterocycles. The number of allylic oxidation sites excluding steroid dienone is 12. The third-order valence-electron chi connectivity index (χ3n) is 14.9. The molecular formula is C72H128O6. The molecule has 6 heteroatoms. The van der Waals surface area contributed by atoms with Crippen molar-refractivity contribution in [2.75, 3.05) is 13.2 Å². The van der Waals surface area contributed by atoms with Crippen LogP contribution < -0.4 is 0 Å². The lowest BCUT2D eigenvalue weighted by atomic mass is 10.0. The molecular weight excluding hydrogens is 961 g/mol. The number of carbonyl (C=O) groups excluding carboxylic acids is 3. The topological polar surface area (TPSA) is 78.9 Å². The summed E-state index contributed by atoms with van der Waals surface area (Å²) in [6, 6.07) is 0. The van der Waals surface area contributed by atoms with Crippen LogP contribution in [-0.4, -0.2) is 37.2 Å². The Bertz CT molecular complexity index is 1440. The molecule has 0 amide bonds. The molecule has 0 saturated carbocycles. The molecule has 0 saturated heterocycles. The van der Waals surface area contributed by atoms with Gasteiger partial charge in [0.25, 0.3) is 0 Å². The van der Waals surface area contributed by atoms with Crippen molar-refractivity contribution in [3.63, 3.8) is 0 Å². The molecule has 0 N–H and O–H groups in total. The predicted octanol–water partition coefficient (Wildman–Crippen LogP) is 23.3. The minimum absolute atomic E-state index is 0.0791. The van der Waals surface area contributed by atoms with Crippen LogP contribution in [0.3, 0.4) is 0 Å². The van der Waals surface area contributed by atoms with Crippen LogP contribution in [0.5, 0.6) is 0 Å². The standard InChI is InChI=1S/C72H128O6/c1-4-7-10-13-16-19-22-25-28-30-32-34-36-38-40-42-44-47-50-53-56-59-62-65-71(74)77-68-69(67-76-70(73)64-61-58-55-52-49-46-27-24-21-18-15-12-9-6-3)78-72(75)66-63-60-57-54-51-48-45-43-41-39-37-35-33-31-29-26-23-20-17-14-11-8-5-2/h7,10,15-16,18-19,24-25,27-28,32,34,69H,4-6,8-9,11-14,17,20-23,26,29-31,33,35-68H2,1-3H3/b10-7-,18-15-,19-16-,27-24-,28-25-,34-32-. The van der Waals surface area contributed by atoms with E-state index in [4.69, 9.17) is 14.2 Å². The van der Waals surface area contributed by atoms with E-state index in [1.807, 2.05) is 0 Å². The Morgan fingerprint density at radius 2 is 0.513 bits per heavy atom. The fraction of sp³-hybridized carbons (Fsp3) is 0.792. The molecule has 1 atom stereocenters. The maximum atomic E-state index is 12.9. The molecule has 0 aromatic heterocycles. The number of ether oxygens (including phenoxy) is 3. The second kappa shape index (κ2) is 66.4. The van der Waals surface area contributed by atoms with Crippen molar-refractivity contribution in [3.05, 3.63) is 72.9 Å². The highest BCUT2D eigenvalue weighted by molar-refractivity contribution is 5.71. The average Bonchev–Trinajstić information content (AvgIpc) is 3.44. The molecule has 0 radical (unpaired) electrons. The highest BCUT2D eigenvalue weighted by atomic mass is 16.6. The van der Waals surface area contributed by atoms with E-state index in [9.17, 15) is 14.4 Å². The van der Waals surface area contributed by atoms with Gasteiger partial charge in [-0.25, -0.2) is 0 Å². The summed E-state index contributed by atoms with van der Waals surface area (Å²) in [5.74, 6) is -0.877. The van der Waals surface area contributed by atoms with Gasteiger partial charge >= 0.3 is 17.9 Å². The summed E-state index contributed by atoms with van der Waals surface area (Å²) < 4.78 is 17.0. The summed E-state index contributed by atoms with van der Waals surface area (Å²) in [7, 11) is 0. The molecule has 0 bridgehead atoms. The lowest BCUT2D eigenvalue weighted by molar-refractivity contribution is -0.167. The second-order valence-corrected chi connectivity index (χ2v) is 22.7. The fourth-order valence-corrected chi connectivity index (χ4v) is 9.87. The van der Waals surface area contributed by atoms with Crippen LogP contribution in [-0.2, 0) is 28.6 Å². The van der Waals surface area contributed by atoms with Crippen LogP contribution in [0.25, 0.3) is 0 Å². The predicted molar refractivity (Wildman–Crippen MR) is 339 cm³/mol. The van der Waals surface area contributed by atoms with Crippen molar-refractivity contribution < 1.29 is 28.6 Å². The summed E-state index contributed by atoms with van der Waals surface area (Å²) in [5, 5.41) is 0. The summed E-state index contributed by atoms with van der Waals surface area (Å²) >= 11 is 0. The maximum absolute atomic E-state index is 12.9. The van der Waals surface area contributed by atoms with Crippen LogP contribution in [0.15, 0.2) is 72.9 Å². The lowest BCUT2D eigenvalue weighted by Crippen LogP contribution is -2.30. The molecule has 0 fully saturated rings. The third-order valence-corrected chi connectivity index (χ3v) is 14.9. The van der Waals surface area contributed by atoms with Crippen LogP contribution in [0.4, 0.5) is 0 Å². The van der Waals surface area contributed by atoms with Gasteiger partial charge in [-0.05, 0) is 83.5 Å². The van der Waals surface area contributed by atoms with E-state index in [1.165, 1.54) is 205 Å². The average molecular weight is 1090 g/mol. The molecule has 0 heterocycles. The molecule has 0 aliphatic rings. The van der Waals surface area contributed by atoms with Crippen molar-refractivity contribution >= 4 is 17.9 Å². The Hall–Kier alpha value is -3.15. The van der Waals surface area contributed by atoms with Gasteiger partial charge in [0, 0.05) is 19.3 Å². The smallest absolute Gasteiger partial charge is 0.306 e. The number of carbonyl (C=O) groups is 3. The van der Waals surface area contributed by atoms with Crippen molar-refractivity contribution in [1.29, 1.82) is 0 Å². The highest BCUT2D eigenvalue weighted by Crippen LogP contribution is 2.18. The van der Waals surface area contributed by atoms with Crippen LogP contribution in [0.1, 0.15) is 348 Å². The van der Waals surface area contributed by atoms with Gasteiger partial charge < -0.3 is 14.2 Å². The van der Waals surface area contributed by atoms with E-state index < -0.39 is 6.10 Å². The molecule has 0 aromatic rings. The maximum Gasteiger partial charge on any atom is 0.306 e. The molecule has 0 rings (SSSR count). The molecule has 452 valence electrons. The van der Waals surface area contributed by atoms with Gasteiger partial charge in [0.2, 0.25) is 0 Å². The monoisotopic (exact) mass is 1090 g/mol. The number of hydrogen-bond acceptors (Lipinski definition) is 6. The third kappa shape index (κ3) is 63.7. The zero-order chi connectivity index (χ0) is 56.4. The van der Waals surface area contributed by atoms with Crippen molar-refractivity contribution in [3.8, 4) is 0 Å². The summed E-state index contributed by atoms with van der Waals surface area (Å²) in [5.41, 5.74) is 0. The molecule has 1 unspecified atom stereocenters. The number of unbranched alkanes of at least 4 members (excludes halogenated alkanes) is 39. The zero-order valence-corrected chi connectivity index (χ0v) is 51.9. The van der Waals surface area contributed by atoms with Gasteiger partial charge in [-0.1, -0.05) is 318 Å². The fourth-order valence-electron chi connectivity index (χ4n) is 9.87. The first kappa shape index (κ1) is 74.8. The van der Waals surface area contributed by atoms with Crippen LogP contribution in [0.2, 0.25) is 0 Å². The van der Waals surface area contributed by atoms with E-state index in [2.05, 4.69) is 93.7 Å². The van der Waals surface area contributed by atoms with E-state index in [0.29, 0.717) is 19.3 Å². The van der Waals surface area contributed by atoms with E-state index in [0.717, 1.165) is 103 Å². The number of esters is 3. The summed E-state index contributed by atoms with van der Waals surface area (Å²) in [6.07, 6.45) is 86.3. The molecule has 0 spiro atoms. The minimum atomic E-state index is -0.783. The van der Waals surface area contributed by atoms with E-state index >= 15 is 0 Å². The Morgan fingerprint density at radius 1 is 0.269 bits per heavy atom. The van der Waals surface area contributed by atoms with Crippen molar-refractivity contribution in [2.24, 2.45) is 0 Å². The normalized spacial score (nSPS) is 12.5. The van der Waals surface area contributed by atoms with Gasteiger partial charge in [0.1, 0.15) is 13.2 Å². The van der Waals surface area contributed by atoms with Gasteiger partial charge in [0.15, 0.2) is 6.10 Å². The first-order valence-electron chi connectivity index (χ1n) is 33.9. The van der Waals surface area contributed by atoms with Gasteiger partial charge in [0.05, 0.1) is 0 Å². The van der Waals surface area contributed by atoms with Crippen molar-refractivity contribution in [1.82, 2.24) is 0 Å². The zero-order valence-electron chi connectivity index (χ0n) is 51.9. The van der Waals surface area contributed by atoms with Crippen LogP contribution >= 0.6 is 0 Å². The largest absolute Gasteiger partial charge is 0.462 e. The number of hydrogen-bond donors (Lipinski definition) is 0. The Morgan fingerprint density at radius 3 is 0.821 bits per heavy atom. The highest BCUT2D eigenvalue weighted by Gasteiger charge is 2.19. The van der Waals surface area contributed by atoms with Gasteiger partial charge in [-0.3, -0.25) is 14.4 Å². The molecule has 6 nitrogen and oxygen atoms in total. The second-order valence-electron chi connectivity index (χ2n) is 22.7. The van der Waals surface area contributed by atoms with Gasteiger partial charge in [-0.15, -0.1) is 0 Å². The Balaban J connectivity index is 4.30. The summed E-state index contributed by atoms with van der Waals surface area (Å²) in [6.45, 7) is 6.53. The SMILES string of the molecule is CC/C=C\C/C=C\C/C=C\C/C=C\CCCCCCCCCCCCC(=O)OCC(COC(=O)CCCCCCC/C=C\C/C=C\CCCC)OC(=O)CCCCCCCCCCCCCCCCCCCCCCCCC. The Kier molecular flexibility index (Phi) is 63.7. The van der Waals surface area contributed by atoms with Gasteiger partial charge in [-0.2, -0.15) is 0 Å². The first-order valence-corrected chi connectivity index (χ1v) is 33.9. The molecule has 0 aromatic carbocycles. The van der Waals surface area contributed by atoms with E-state index in [1.54, 1.807) is 0 Å². The molecule has 78 heavy (non-hydrogen) atoms. The Labute approximate surface area is 484 Å². The number of rotatable bonds is 62. The lowest BCUT2D eigenvalue weighted by Gasteiger charge is -2.18. The quantitative estimate of drug-likeness (QED) is 0.0261. The summed E-state index contributed by atoms with van der Waals surface area (Å²) in [4.78, 5) is 38.4. The van der Waals surface area contributed by atoms with Crippen LogP contribution in [0, 0.1) is 0 Å². The first-order chi connectivity index (χ1) is 38.5. The van der Waals surface area contributed by atoms with E-state index in [-0.39, 0.29) is 31.1 Å².